The highest BCUT2D eigenvalue weighted by Crippen LogP contribution is 2.40. The third-order valence-electron chi connectivity index (χ3n) is 3.73. The van der Waals surface area contributed by atoms with Crippen LogP contribution in [0.4, 0.5) is 0 Å². The molecule has 0 aromatic heterocycles. The molecule has 5 heteroatoms. The Bertz CT molecular complexity index is 522. The summed E-state index contributed by atoms with van der Waals surface area (Å²) in [5.41, 5.74) is -1.36. The number of ketones is 1. The molecule has 0 heterocycles. The van der Waals surface area contributed by atoms with Gasteiger partial charge in [-0.2, -0.15) is 0 Å². The maximum atomic E-state index is 12.2. The van der Waals surface area contributed by atoms with Crippen molar-refractivity contribution in [1.82, 2.24) is 0 Å². The Morgan fingerprint density at radius 3 is 2.32 bits per heavy atom. The Kier molecular flexibility index (Phi) is 3.38. The van der Waals surface area contributed by atoms with Crippen LogP contribution in [0.25, 0.3) is 0 Å². The van der Waals surface area contributed by atoms with Crippen LogP contribution < -0.4 is 0 Å². The lowest BCUT2D eigenvalue weighted by atomic mass is 9.65. The van der Waals surface area contributed by atoms with Gasteiger partial charge in [0.15, 0.2) is 11.2 Å². The molecule has 1 aliphatic carbocycles. The molecule has 2 N–H and O–H groups in total. The molecular weight excluding hydrogens is 248 g/mol. The second kappa shape index (κ2) is 4.84. The van der Waals surface area contributed by atoms with Gasteiger partial charge < -0.3 is 10.2 Å². The molecule has 0 aliphatic heterocycles. The van der Waals surface area contributed by atoms with Gasteiger partial charge in [-0.25, -0.2) is 0 Å². The number of carbonyl (C=O) groups is 3. The summed E-state index contributed by atoms with van der Waals surface area (Å²) in [4.78, 5) is 34.9. The summed E-state index contributed by atoms with van der Waals surface area (Å²) in [5, 5.41) is 18.6. The molecule has 0 radical (unpaired) electrons. The van der Waals surface area contributed by atoms with Crippen molar-refractivity contribution in [1.29, 1.82) is 0 Å². The van der Waals surface area contributed by atoms with E-state index < -0.39 is 29.1 Å². The van der Waals surface area contributed by atoms with Gasteiger partial charge in [-0.1, -0.05) is 30.3 Å². The van der Waals surface area contributed by atoms with Crippen molar-refractivity contribution >= 4 is 17.7 Å². The Balaban J connectivity index is 2.51. The van der Waals surface area contributed by atoms with Gasteiger partial charge in [0.2, 0.25) is 0 Å². The smallest absolute Gasteiger partial charge is 0.321 e. The summed E-state index contributed by atoms with van der Waals surface area (Å²) in [7, 11) is 0. The van der Waals surface area contributed by atoms with Crippen molar-refractivity contribution in [3.63, 3.8) is 0 Å². The molecule has 100 valence electrons. The molecule has 19 heavy (non-hydrogen) atoms. The number of hydrogen-bond acceptors (Lipinski definition) is 3. The average Bonchev–Trinajstić information content (AvgIpc) is 2.39. The van der Waals surface area contributed by atoms with Gasteiger partial charge in [-0.05, 0) is 18.4 Å². The van der Waals surface area contributed by atoms with Crippen LogP contribution in [0.1, 0.15) is 24.8 Å². The fourth-order valence-corrected chi connectivity index (χ4v) is 2.65. The van der Waals surface area contributed by atoms with E-state index in [9.17, 15) is 19.5 Å². The molecule has 2 unspecified atom stereocenters. The van der Waals surface area contributed by atoms with E-state index in [-0.39, 0.29) is 19.3 Å². The lowest BCUT2D eigenvalue weighted by molar-refractivity contribution is -0.154. The standard InChI is InChI=1S/C14H14O5/c15-11-7-6-9(12(16)17)8-14(11,13(18)19)10-4-2-1-3-5-10/h1-5,9H,6-8H2,(H,16,17)(H,18,19). The summed E-state index contributed by atoms with van der Waals surface area (Å²) in [6.07, 6.45) is 0.00864. The van der Waals surface area contributed by atoms with Crippen LogP contribution in [0, 0.1) is 5.92 Å². The quantitative estimate of drug-likeness (QED) is 0.805. The molecule has 5 nitrogen and oxygen atoms in total. The number of hydrogen-bond donors (Lipinski definition) is 2. The minimum atomic E-state index is -1.72. The normalized spacial score (nSPS) is 26.9. The minimum absolute atomic E-state index is 0.0157. The van der Waals surface area contributed by atoms with Crippen molar-refractivity contribution in [3.8, 4) is 0 Å². The van der Waals surface area contributed by atoms with Gasteiger partial charge in [0.1, 0.15) is 0 Å². The maximum Gasteiger partial charge on any atom is 0.321 e. The number of benzene rings is 1. The molecule has 0 saturated heterocycles. The van der Waals surface area contributed by atoms with Crippen molar-refractivity contribution in [2.45, 2.75) is 24.7 Å². The summed E-state index contributed by atoms with van der Waals surface area (Å²) < 4.78 is 0. The fraction of sp³-hybridized carbons (Fsp3) is 0.357. The van der Waals surface area contributed by atoms with E-state index >= 15 is 0 Å². The Labute approximate surface area is 109 Å². The summed E-state index contributed by atoms with van der Waals surface area (Å²) in [6.45, 7) is 0. The highest BCUT2D eigenvalue weighted by molar-refractivity contribution is 6.10. The third-order valence-corrected chi connectivity index (χ3v) is 3.73. The zero-order valence-corrected chi connectivity index (χ0v) is 10.2. The largest absolute Gasteiger partial charge is 0.481 e. The lowest BCUT2D eigenvalue weighted by Gasteiger charge is -2.35. The van der Waals surface area contributed by atoms with Crippen molar-refractivity contribution in [2.75, 3.05) is 0 Å². The zero-order valence-electron chi connectivity index (χ0n) is 10.2. The number of aliphatic carboxylic acids is 2. The summed E-state index contributed by atoms with van der Waals surface area (Å²) in [5.74, 6) is -3.53. The average molecular weight is 262 g/mol. The minimum Gasteiger partial charge on any atom is -0.481 e. The first kappa shape index (κ1) is 13.3. The lowest BCUT2D eigenvalue weighted by Crippen LogP contribution is -2.49. The zero-order chi connectivity index (χ0) is 14.0. The number of carbonyl (C=O) groups excluding carboxylic acids is 1. The van der Waals surface area contributed by atoms with E-state index in [0.717, 1.165) is 0 Å². The molecule has 1 aliphatic rings. The number of carboxylic acid groups (broad SMARTS) is 2. The third kappa shape index (κ3) is 2.12. The number of Topliss-reactive ketones (excluding diaryl/α,β-unsaturated/α-hetero) is 1. The topological polar surface area (TPSA) is 91.7 Å². The summed E-state index contributed by atoms with van der Waals surface area (Å²) in [6, 6.07) is 8.16. The molecule has 2 rings (SSSR count). The molecule has 0 amide bonds. The van der Waals surface area contributed by atoms with E-state index in [0.29, 0.717) is 5.56 Å². The molecule has 1 fully saturated rings. The highest BCUT2D eigenvalue weighted by Gasteiger charge is 2.52. The van der Waals surface area contributed by atoms with Crippen LogP contribution in [0.15, 0.2) is 30.3 Å². The van der Waals surface area contributed by atoms with E-state index in [1.165, 1.54) is 0 Å². The van der Waals surface area contributed by atoms with Gasteiger partial charge in [-0.15, -0.1) is 0 Å². The Morgan fingerprint density at radius 2 is 1.79 bits per heavy atom. The molecular formula is C14H14O5. The Morgan fingerprint density at radius 1 is 1.16 bits per heavy atom. The van der Waals surface area contributed by atoms with Gasteiger partial charge >= 0.3 is 11.9 Å². The van der Waals surface area contributed by atoms with Crippen molar-refractivity contribution < 1.29 is 24.6 Å². The van der Waals surface area contributed by atoms with E-state index in [2.05, 4.69) is 0 Å². The van der Waals surface area contributed by atoms with Crippen LogP contribution in [-0.4, -0.2) is 27.9 Å². The van der Waals surface area contributed by atoms with Crippen LogP contribution in [0.5, 0.6) is 0 Å². The second-order valence-electron chi connectivity index (χ2n) is 4.78. The van der Waals surface area contributed by atoms with Gasteiger partial charge in [-0.3, -0.25) is 14.4 Å². The number of carboxylic acids is 2. The maximum absolute atomic E-state index is 12.2. The predicted octanol–water partition coefficient (Wildman–Crippen LogP) is 1.46. The molecule has 2 atom stereocenters. The fourth-order valence-electron chi connectivity index (χ4n) is 2.65. The second-order valence-corrected chi connectivity index (χ2v) is 4.78. The molecule has 0 spiro atoms. The van der Waals surface area contributed by atoms with E-state index in [4.69, 9.17) is 5.11 Å². The first-order valence-electron chi connectivity index (χ1n) is 6.03. The van der Waals surface area contributed by atoms with Crippen LogP contribution >= 0.6 is 0 Å². The summed E-state index contributed by atoms with van der Waals surface area (Å²) >= 11 is 0. The van der Waals surface area contributed by atoms with Gasteiger partial charge in [0.25, 0.3) is 0 Å². The molecule has 0 bridgehead atoms. The van der Waals surface area contributed by atoms with E-state index in [1.54, 1.807) is 30.3 Å². The van der Waals surface area contributed by atoms with Crippen LogP contribution in [-0.2, 0) is 19.8 Å². The van der Waals surface area contributed by atoms with Crippen molar-refractivity contribution in [2.24, 2.45) is 5.92 Å². The first-order valence-corrected chi connectivity index (χ1v) is 6.03. The Hall–Kier alpha value is -2.17. The predicted molar refractivity (Wildman–Crippen MR) is 65.7 cm³/mol. The highest BCUT2D eigenvalue weighted by atomic mass is 16.4. The first-order chi connectivity index (χ1) is 8.98. The monoisotopic (exact) mass is 262 g/mol. The van der Waals surface area contributed by atoms with Gasteiger partial charge in [0.05, 0.1) is 5.92 Å². The SMILES string of the molecule is O=C(O)C1CCC(=O)C(C(=O)O)(c2ccccc2)C1. The van der Waals surface area contributed by atoms with Crippen LogP contribution in [0.3, 0.4) is 0 Å². The molecule has 1 aromatic rings. The molecule has 1 aromatic carbocycles. The van der Waals surface area contributed by atoms with Gasteiger partial charge in [0, 0.05) is 6.42 Å². The van der Waals surface area contributed by atoms with E-state index in [1.807, 2.05) is 0 Å². The molecule has 1 saturated carbocycles. The van der Waals surface area contributed by atoms with Crippen molar-refractivity contribution in [3.05, 3.63) is 35.9 Å². The van der Waals surface area contributed by atoms with Crippen LogP contribution in [0.2, 0.25) is 0 Å². The number of rotatable bonds is 3.